The number of hydrogen-bond donors (Lipinski definition) is 0. The largest absolute Gasteiger partial charge is 0.325 e. The fourth-order valence-corrected chi connectivity index (χ4v) is 4.81. The Morgan fingerprint density at radius 1 is 0.967 bits per heavy atom. The molecule has 0 amide bonds. The van der Waals surface area contributed by atoms with Gasteiger partial charge in [-0.05, 0) is 54.4 Å². The smallest absolute Gasteiger partial charge is 0.125 e. The van der Waals surface area contributed by atoms with Crippen LogP contribution in [0.5, 0.6) is 0 Å². The minimum Gasteiger partial charge on any atom is -0.325 e. The number of fused-ring (bicyclic) bond motifs is 1. The summed E-state index contributed by atoms with van der Waals surface area (Å²) in [5.74, 6) is 1.56. The molecule has 3 nitrogen and oxygen atoms in total. The second-order valence-corrected chi connectivity index (χ2v) is 10.2. The van der Waals surface area contributed by atoms with Crippen LogP contribution < -0.4 is 0 Å². The monoisotopic (exact) mass is 405 g/mol. The van der Waals surface area contributed by atoms with E-state index in [0.29, 0.717) is 12.0 Å². The molecule has 1 saturated heterocycles. The van der Waals surface area contributed by atoms with Crippen LogP contribution in [0, 0.1) is 5.82 Å². The van der Waals surface area contributed by atoms with Crippen molar-refractivity contribution in [2.45, 2.75) is 70.4 Å². The molecule has 1 aromatic heterocycles. The van der Waals surface area contributed by atoms with Gasteiger partial charge in [0, 0.05) is 37.7 Å². The third kappa shape index (κ3) is 3.90. The molecule has 0 bridgehead atoms. The van der Waals surface area contributed by atoms with Crippen molar-refractivity contribution in [2.24, 2.45) is 0 Å². The molecule has 0 atom stereocenters. The van der Waals surface area contributed by atoms with E-state index in [0.717, 1.165) is 43.5 Å². The van der Waals surface area contributed by atoms with Crippen LogP contribution in [0.4, 0.5) is 4.39 Å². The summed E-state index contributed by atoms with van der Waals surface area (Å²) in [5, 5.41) is 0. The van der Waals surface area contributed by atoms with Gasteiger partial charge < -0.3 is 4.57 Å². The molecule has 158 valence electrons. The Hall–Kier alpha value is -2.20. The Morgan fingerprint density at radius 2 is 1.67 bits per heavy atom. The summed E-state index contributed by atoms with van der Waals surface area (Å²) >= 11 is 0. The summed E-state index contributed by atoms with van der Waals surface area (Å²) in [6.07, 6.45) is 4.69. The number of nitrogens with zero attached hydrogens (tertiary/aromatic N) is 3. The van der Waals surface area contributed by atoms with Gasteiger partial charge in [0.2, 0.25) is 0 Å². The van der Waals surface area contributed by atoms with E-state index in [4.69, 9.17) is 4.98 Å². The van der Waals surface area contributed by atoms with E-state index in [-0.39, 0.29) is 11.2 Å². The van der Waals surface area contributed by atoms with Crippen molar-refractivity contribution < 1.29 is 4.39 Å². The summed E-state index contributed by atoms with van der Waals surface area (Å²) in [5.41, 5.74) is 4.91. The Kier molecular flexibility index (Phi) is 4.93. The van der Waals surface area contributed by atoms with E-state index < -0.39 is 0 Å². The maximum atomic E-state index is 13.7. The number of rotatable bonds is 4. The first-order valence-electron chi connectivity index (χ1n) is 11.4. The Bertz CT molecular complexity index is 1030. The van der Waals surface area contributed by atoms with Gasteiger partial charge in [0.1, 0.15) is 11.6 Å². The zero-order chi connectivity index (χ0) is 20.9. The average molecular weight is 406 g/mol. The van der Waals surface area contributed by atoms with Crippen molar-refractivity contribution in [1.82, 2.24) is 14.5 Å². The SMILES string of the molecule is CC(C)(C)c1ccc(CN2CCC(n3c(C4CC4)nc4cc(F)ccc43)CC2)cc1. The van der Waals surface area contributed by atoms with Gasteiger partial charge in [0.25, 0.3) is 0 Å². The zero-order valence-electron chi connectivity index (χ0n) is 18.4. The lowest BCUT2D eigenvalue weighted by molar-refractivity contribution is 0.180. The summed E-state index contributed by atoms with van der Waals surface area (Å²) in [6, 6.07) is 14.7. The molecule has 5 rings (SSSR count). The number of likely N-dealkylation sites (tertiary alicyclic amines) is 1. The lowest BCUT2D eigenvalue weighted by Crippen LogP contribution is -2.34. The third-order valence-electron chi connectivity index (χ3n) is 6.77. The predicted octanol–water partition coefficient (Wildman–Crippen LogP) is 6.19. The molecular weight excluding hydrogens is 373 g/mol. The standard InChI is InChI=1S/C26H32FN3/c1-26(2,3)20-8-4-18(5-9-20)17-29-14-12-22(13-15-29)30-24-11-10-21(27)16-23(24)28-25(30)19-6-7-19/h4-5,8-11,16,19,22H,6-7,12-15,17H2,1-3H3. The Balaban J connectivity index is 1.29. The van der Waals surface area contributed by atoms with Gasteiger partial charge in [-0.3, -0.25) is 4.90 Å². The summed E-state index contributed by atoms with van der Waals surface area (Å²) in [4.78, 5) is 7.40. The second-order valence-electron chi connectivity index (χ2n) is 10.2. The van der Waals surface area contributed by atoms with Gasteiger partial charge in [-0.15, -0.1) is 0 Å². The first-order chi connectivity index (χ1) is 14.4. The topological polar surface area (TPSA) is 21.1 Å². The molecule has 2 fully saturated rings. The van der Waals surface area contributed by atoms with Gasteiger partial charge in [-0.1, -0.05) is 45.0 Å². The molecule has 2 aromatic carbocycles. The summed E-state index contributed by atoms with van der Waals surface area (Å²) < 4.78 is 16.2. The van der Waals surface area contributed by atoms with Crippen LogP contribution in [0.3, 0.4) is 0 Å². The minimum atomic E-state index is -0.193. The van der Waals surface area contributed by atoms with Crippen LogP contribution in [-0.2, 0) is 12.0 Å². The first kappa shape index (κ1) is 19.7. The Morgan fingerprint density at radius 3 is 2.30 bits per heavy atom. The average Bonchev–Trinajstić information content (AvgIpc) is 3.49. The van der Waals surface area contributed by atoms with Crippen molar-refractivity contribution in [2.75, 3.05) is 13.1 Å². The van der Waals surface area contributed by atoms with Gasteiger partial charge >= 0.3 is 0 Å². The summed E-state index contributed by atoms with van der Waals surface area (Å²) in [7, 11) is 0. The van der Waals surface area contributed by atoms with Crippen molar-refractivity contribution in [3.8, 4) is 0 Å². The molecule has 1 aliphatic carbocycles. The van der Waals surface area contributed by atoms with Gasteiger partial charge in [-0.2, -0.15) is 0 Å². The van der Waals surface area contributed by atoms with Crippen LogP contribution in [0.1, 0.15) is 75.4 Å². The molecule has 4 heteroatoms. The van der Waals surface area contributed by atoms with Gasteiger partial charge in [-0.25, -0.2) is 9.37 Å². The van der Waals surface area contributed by atoms with Gasteiger partial charge in [0.05, 0.1) is 11.0 Å². The van der Waals surface area contributed by atoms with E-state index in [1.165, 1.54) is 29.8 Å². The molecule has 30 heavy (non-hydrogen) atoms. The highest BCUT2D eigenvalue weighted by atomic mass is 19.1. The van der Waals surface area contributed by atoms with Crippen LogP contribution >= 0.6 is 0 Å². The predicted molar refractivity (Wildman–Crippen MR) is 120 cm³/mol. The van der Waals surface area contributed by atoms with E-state index in [1.54, 1.807) is 12.1 Å². The molecule has 0 radical (unpaired) electrons. The van der Waals surface area contributed by atoms with Gasteiger partial charge in [0.15, 0.2) is 0 Å². The molecule has 2 heterocycles. The van der Waals surface area contributed by atoms with Crippen molar-refractivity contribution in [3.05, 3.63) is 65.2 Å². The van der Waals surface area contributed by atoms with Crippen LogP contribution in [0.25, 0.3) is 11.0 Å². The highest BCUT2D eigenvalue weighted by molar-refractivity contribution is 5.76. The Labute approximate surface area is 178 Å². The molecule has 0 N–H and O–H groups in total. The minimum absolute atomic E-state index is 0.193. The highest BCUT2D eigenvalue weighted by Gasteiger charge is 2.33. The second kappa shape index (κ2) is 7.49. The van der Waals surface area contributed by atoms with Crippen molar-refractivity contribution in [1.29, 1.82) is 0 Å². The van der Waals surface area contributed by atoms with Crippen LogP contribution in [-0.4, -0.2) is 27.5 Å². The normalized spacial score (nSPS) is 18.9. The maximum Gasteiger partial charge on any atom is 0.125 e. The first-order valence-corrected chi connectivity index (χ1v) is 11.4. The quantitative estimate of drug-likeness (QED) is 0.516. The lowest BCUT2D eigenvalue weighted by atomic mass is 9.86. The molecule has 0 unspecified atom stereocenters. The number of imidazole rings is 1. The van der Waals surface area contributed by atoms with E-state index in [1.807, 2.05) is 6.07 Å². The van der Waals surface area contributed by atoms with E-state index in [9.17, 15) is 4.39 Å². The number of hydrogen-bond acceptors (Lipinski definition) is 2. The zero-order valence-corrected chi connectivity index (χ0v) is 18.4. The summed E-state index contributed by atoms with van der Waals surface area (Å²) in [6.45, 7) is 9.99. The number of piperidine rings is 1. The van der Waals surface area contributed by atoms with E-state index in [2.05, 4.69) is 54.5 Å². The number of aromatic nitrogens is 2. The molecule has 1 saturated carbocycles. The molecular formula is C26H32FN3. The van der Waals surface area contributed by atoms with Crippen molar-refractivity contribution >= 4 is 11.0 Å². The molecule has 0 spiro atoms. The number of benzene rings is 2. The van der Waals surface area contributed by atoms with Crippen LogP contribution in [0.15, 0.2) is 42.5 Å². The fourth-order valence-electron chi connectivity index (χ4n) is 4.81. The number of halogens is 1. The third-order valence-corrected chi connectivity index (χ3v) is 6.77. The molecule has 1 aliphatic heterocycles. The lowest BCUT2D eigenvalue weighted by Gasteiger charge is -2.34. The highest BCUT2D eigenvalue weighted by Crippen LogP contribution is 2.43. The maximum absolute atomic E-state index is 13.7. The van der Waals surface area contributed by atoms with Crippen LogP contribution in [0.2, 0.25) is 0 Å². The fraction of sp³-hybridized carbons (Fsp3) is 0.500. The van der Waals surface area contributed by atoms with E-state index >= 15 is 0 Å². The van der Waals surface area contributed by atoms with Crippen molar-refractivity contribution in [3.63, 3.8) is 0 Å². The molecule has 3 aromatic rings. The molecule has 2 aliphatic rings.